The molecule has 2 unspecified atom stereocenters. The Kier molecular flexibility index (Phi) is 3.88. The number of carbonyl (C=O) groups excluding carboxylic acids is 1. The van der Waals surface area contributed by atoms with Gasteiger partial charge in [-0.25, -0.2) is 0 Å². The van der Waals surface area contributed by atoms with Gasteiger partial charge in [-0.05, 0) is 22.6 Å². The first kappa shape index (κ1) is 13.0. The average molecular weight is 356 g/mol. The van der Waals surface area contributed by atoms with Gasteiger partial charge in [-0.2, -0.15) is 0 Å². The number of nitrogens with zero attached hydrogens (tertiary/aromatic N) is 1. The molecule has 1 amide bonds. The summed E-state index contributed by atoms with van der Waals surface area (Å²) in [7, 11) is 0. The van der Waals surface area contributed by atoms with Crippen molar-refractivity contribution in [3.8, 4) is 0 Å². The van der Waals surface area contributed by atoms with Crippen molar-refractivity contribution in [1.29, 1.82) is 0 Å². The van der Waals surface area contributed by atoms with Crippen molar-refractivity contribution in [2.45, 2.75) is 31.2 Å². The SMILES string of the molecule is O=C1NC(O)N([C@H]2CC(O)[C@@H](CO)O2)C=C1I. The summed E-state index contributed by atoms with van der Waals surface area (Å²) in [6, 6.07) is 0. The summed E-state index contributed by atoms with van der Waals surface area (Å²) in [5, 5.41) is 30.6. The maximum absolute atomic E-state index is 11.2. The molecule has 0 spiro atoms. The van der Waals surface area contributed by atoms with E-state index in [2.05, 4.69) is 5.32 Å². The molecule has 0 saturated carbocycles. The molecule has 0 aliphatic carbocycles. The maximum atomic E-state index is 11.2. The molecule has 0 bridgehead atoms. The molecule has 0 aromatic carbocycles. The number of aliphatic hydroxyl groups is 3. The molecule has 1 saturated heterocycles. The predicted molar refractivity (Wildman–Crippen MR) is 64.5 cm³/mol. The molecule has 17 heavy (non-hydrogen) atoms. The van der Waals surface area contributed by atoms with Crippen LogP contribution in [-0.2, 0) is 9.53 Å². The highest BCUT2D eigenvalue weighted by molar-refractivity contribution is 14.1. The molecule has 0 aromatic rings. The fourth-order valence-corrected chi connectivity index (χ4v) is 2.30. The number of hydrogen-bond donors (Lipinski definition) is 4. The zero-order valence-electron chi connectivity index (χ0n) is 8.78. The number of rotatable bonds is 2. The summed E-state index contributed by atoms with van der Waals surface area (Å²) in [6.45, 7) is -0.283. The van der Waals surface area contributed by atoms with E-state index in [1.54, 1.807) is 0 Å². The molecule has 2 aliphatic rings. The Morgan fingerprint density at radius 2 is 2.29 bits per heavy atom. The number of aliphatic hydroxyl groups excluding tert-OH is 3. The van der Waals surface area contributed by atoms with E-state index >= 15 is 0 Å². The van der Waals surface area contributed by atoms with Crippen LogP contribution in [-0.4, -0.2) is 57.5 Å². The largest absolute Gasteiger partial charge is 0.394 e. The number of amides is 1. The van der Waals surface area contributed by atoms with Gasteiger partial charge in [-0.1, -0.05) is 0 Å². The molecule has 0 aromatic heterocycles. The molecule has 2 rings (SSSR count). The van der Waals surface area contributed by atoms with Crippen LogP contribution in [0.25, 0.3) is 0 Å². The minimum Gasteiger partial charge on any atom is -0.394 e. The van der Waals surface area contributed by atoms with Crippen LogP contribution in [0.2, 0.25) is 0 Å². The predicted octanol–water partition coefficient (Wildman–Crippen LogP) is -1.56. The molecule has 4 atom stereocenters. The second-order valence-corrected chi connectivity index (χ2v) is 5.05. The summed E-state index contributed by atoms with van der Waals surface area (Å²) < 4.78 is 5.80. The molecule has 4 N–H and O–H groups in total. The van der Waals surface area contributed by atoms with E-state index in [0.29, 0.717) is 3.58 Å². The Balaban J connectivity index is 2.10. The summed E-state index contributed by atoms with van der Waals surface area (Å²) >= 11 is 1.84. The van der Waals surface area contributed by atoms with Crippen LogP contribution in [0.4, 0.5) is 0 Å². The molecule has 0 radical (unpaired) electrons. The first-order valence-corrected chi connectivity index (χ1v) is 6.19. The fourth-order valence-electron chi connectivity index (χ4n) is 1.82. The van der Waals surface area contributed by atoms with Gasteiger partial charge < -0.3 is 30.3 Å². The molecule has 2 heterocycles. The van der Waals surface area contributed by atoms with Gasteiger partial charge in [-0.15, -0.1) is 0 Å². The normalized spacial score (nSPS) is 38.0. The van der Waals surface area contributed by atoms with Crippen LogP contribution in [0.5, 0.6) is 0 Å². The van der Waals surface area contributed by atoms with Gasteiger partial charge in [-0.3, -0.25) is 4.79 Å². The molecular formula is C9H13IN2O5. The molecule has 8 heteroatoms. The Bertz CT molecular complexity index is 350. The Morgan fingerprint density at radius 1 is 1.59 bits per heavy atom. The second-order valence-electron chi connectivity index (χ2n) is 3.89. The van der Waals surface area contributed by atoms with E-state index < -0.39 is 24.8 Å². The quantitative estimate of drug-likeness (QED) is 0.447. The molecular weight excluding hydrogens is 343 g/mol. The van der Waals surface area contributed by atoms with Crippen molar-refractivity contribution in [3.05, 3.63) is 9.78 Å². The van der Waals surface area contributed by atoms with Crippen LogP contribution < -0.4 is 5.32 Å². The zero-order chi connectivity index (χ0) is 12.6. The minimum absolute atomic E-state index is 0.262. The van der Waals surface area contributed by atoms with E-state index in [0.717, 1.165) is 0 Å². The lowest BCUT2D eigenvalue weighted by Gasteiger charge is -2.34. The Labute approximate surface area is 111 Å². The molecule has 1 fully saturated rings. The van der Waals surface area contributed by atoms with E-state index in [1.165, 1.54) is 11.1 Å². The third kappa shape index (κ3) is 2.55. The summed E-state index contributed by atoms with van der Waals surface area (Å²) in [4.78, 5) is 12.7. The van der Waals surface area contributed by atoms with Crippen molar-refractivity contribution in [3.63, 3.8) is 0 Å². The molecule has 7 nitrogen and oxygen atoms in total. The lowest BCUT2D eigenvalue weighted by atomic mass is 10.2. The summed E-state index contributed by atoms with van der Waals surface area (Å²) in [5.74, 6) is -0.355. The minimum atomic E-state index is -1.18. The highest BCUT2D eigenvalue weighted by Gasteiger charge is 2.39. The smallest absolute Gasteiger partial charge is 0.262 e. The topological polar surface area (TPSA) is 102 Å². The lowest BCUT2D eigenvalue weighted by molar-refractivity contribution is -0.142. The Morgan fingerprint density at radius 3 is 2.88 bits per heavy atom. The van der Waals surface area contributed by atoms with E-state index in [-0.39, 0.29) is 18.9 Å². The van der Waals surface area contributed by atoms with Crippen molar-refractivity contribution < 1.29 is 24.9 Å². The zero-order valence-corrected chi connectivity index (χ0v) is 10.9. The van der Waals surface area contributed by atoms with E-state index in [9.17, 15) is 15.0 Å². The number of halogens is 1. The van der Waals surface area contributed by atoms with Crippen molar-refractivity contribution in [1.82, 2.24) is 10.2 Å². The third-order valence-electron chi connectivity index (χ3n) is 2.74. The third-order valence-corrected chi connectivity index (χ3v) is 3.51. The standard InChI is InChI=1S/C9H13IN2O5/c10-4-2-12(9(16)11-8(4)15)7-1-5(14)6(3-13)17-7/h2,5-7,9,13-14,16H,1,3H2,(H,11,15)/t5?,6-,7-,9?/m1/s1. The van der Waals surface area contributed by atoms with E-state index in [4.69, 9.17) is 9.84 Å². The van der Waals surface area contributed by atoms with Gasteiger partial charge in [0.25, 0.3) is 5.91 Å². The van der Waals surface area contributed by atoms with Gasteiger partial charge in [0, 0.05) is 12.6 Å². The van der Waals surface area contributed by atoms with Gasteiger partial charge >= 0.3 is 0 Å². The van der Waals surface area contributed by atoms with Crippen LogP contribution in [0.1, 0.15) is 6.42 Å². The van der Waals surface area contributed by atoms with Gasteiger partial charge in [0.2, 0.25) is 6.35 Å². The summed E-state index contributed by atoms with van der Waals surface area (Å²) in [6.07, 6.45) is -1.45. The van der Waals surface area contributed by atoms with E-state index in [1.807, 2.05) is 22.6 Å². The Hall–Kier alpha value is -0.420. The van der Waals surface area contributed by atoms with Crippen LogP contribution >= 0.6 is 22.6 Å². The van der Waals surface area contributed by atoms with Gasteiger partial charge in [0.05, 0.1) is 16.3 Å². The molecule has 2 aliphatic heterocycles. The highest BCUT2D eigenvalue weighted by Crippen LogP contribution is 2.27. The second kappa shape index (κ2) is 5.06. The number of carbonyl (C=O) groups is 1. The number of nitrogens with one attached hydrogen (secondary N) is 1. The van der Waals surface area contributed by atoms with Crippen LogP contribution in [0.15, 0.2) is 9.78 Å². The first-order chi connectivity index (χ1) is 8.02. The van der Waals surface area contributed by atoms with Crippen molar-refractivity contribution >= 4 is 28.5 Å². The van der Waals surface area contributed by atoms with Crippen LogP contribution in [0.3, 0.4) is 0 Å². The van der Waals surface area contributed by atoms with Gasteiger partial charge in [0.15, 0.2) is 0 Å². The summed E-state index contributed by atoms with van der Waals surface area (Å²) in [5.41, 5.74) is 0. The van der Waals surface area contributed by atoms with Crippen molar-refractivity contribution in [2.75, 3.05) is 6.61 Å². The highest BCUT2D eigenvalue weighted by atomic mass is 127. The lowest BCUT2D eigenvalue weighted by Crippen LogP contribution is -2.53. The number of ether oxygens (including phenoxy) is 1. The monoisotopic (exact) mass is 356 g/mol. The fraction of sp³-hybridized carbons (Fsp3) is 0.667. The van der Waals surface area contributed by atoms with Crippen LogP contribution in [0, 0.1) is 0 Å². The number of hydrogen-bond acceptors (Lipinski definition) is 6. The molecule has 96 valence electrons. The maximum Gasteiger partial charge on any atom is 0.262 e. The first-order valence-electron chi connectivity index (χ1n) is 5.11. The van der Waals surface area contributed by atoms with Crippen molar-refractivity contribution in [2.24, 2.45) is 0 Å². The van der Waals surface area contributed by atoms with Gasteiger partial charge in [0.1, 0.15) is 12.3 Å². The average Bonchev–Trinajstić information content (AvgIpc) is 2.65.